The second-order valence-electron chi connectivity index (χ2n) is 5.65. The Morgan fingerprint density at radius 3 is 2.77 bits per heavy atom. The van der Waals surface area contributed by atoms with Crippen LogP contribution in [0.5, 0.6) is 0 Å². The molecule has 0 radical (unpaired) electrons. The van der Waals surface area contributed by atoms with E-state index in [1.165, 1.54) is 12.1 Å². The molecule has 1 heterocycles. The van der Waals surface area contributed by atoms with Crippen LogP contribution in [-0.4, -0.2) is 25.5 Å². The quantitative estimate of drug-likeness (QED) is 0.848. The van der Waals surface area contributed by atoms with E-state index in [0.717, 1.165) is 32.0 Å². The lowest BCUT2D eigenvalue weighted by Gasteiger charge is -2.13. The van der Waals surface area contributed by atoms with E-state index in [2.05, 4.69) is 10.6 Å². The fourth-order valence-corrected chi connectivity index (χ4v) is 2.74. The zero-order chi connectivity index (χ0) is 16.0. The van der Waals surface area contributed by atoms with Crippen molar-refractivity contribution in [3.8, 4) is 0 Å². The SMILES string of the molecule is O=C(CCC1CCNC1)NCCc1ccccc1C(F)(F)F. The molecule has 0 spiro atoms. The maximum atomic E-state index is 12.8. The second kappa shape index (κ2) is 7.63. The number of halogens is 3. The molecule has 1 atom stereocenters. The van der Waals surface area contributed by atoms with Crippen LogP contribution in [0.25, 0.3) is 0 Å². The van der Waals surface area contributed by atoms with Crippen LogP contribution in [0.1, 0.15) is 30.4 Å². The molecule has 0 aliphatic carbocycles. The van der Waals surface area contributed by atoms with Crippen molar-refractivity contribution in [3.63, 3.8) is 0 Å². The molecule has 22 heavy (non-hydrogen) atoms. The lowest BCUT2D eigenvalue weighted by atomic mass is 10.0. The third-order valence-electron chi connectivity index (χ3n) is 3.98. The van der Waals surface area contributed by atoms with Gasteiger partial charge in [0.2, 0.25) is 5.91 Å². The highest BCUT2D eigenvalue weighted by Gasteiger charge is 2.32. The molecule has 1 saturated heterocycles. The van der Waals surface area contributed by atoms with E-state index in [0.29, 0.717) is 12.3 Å². The van der Waals surface area contributed by atoms with Gasteiger partial charge in [-0.1, -0.05) is 18.2 Å². The molecular weight excluding hydrogens is 293 g/mol. The van der Waals surface area contributed by atoms with Gasteiger partial charge >= 0.3 is 6.18 Å². The van der Waals surface area contributed by atoms with Gasteiger partial charge in [-0.2, -0.15) is 13.2 Å². The molecule has 2 rings (SSSR count). The molecule has 1 amide bonds. The van der Waals surface area contributed by atoms with Gasteiger partial charge in [-0.3, -0.25) is 4.79 Å². The van der Waals surface area contributed by atoms with E-state index in [1.54, 1.807) is 6.07 Å². The van der Waals surface area contributed by atoms with E-state index < -0.39 is 11.7 Å². The van der Waals surface area contributed by atoms with Crippen molar-refractivity contribution in [2.24, 2.45) is 5.92 Å². The molecule has 0 bridgehead atoms. The zero-order valence-electron chi connectivity index (χ0n) is 12.4. The normalized spacial score (nSPS) is 18.4. The van der Waals surface area contributed by atoms with Crippen LogP contribution < -0.4 is 10.6 Å². The Morgan fingerprint density at radius 2 is 2.09 bits per heavy atom. The molecule has 0 saturated carbocycles. The number of amides is 1. The summed E-state index contributed by atoms with van der Waals surface area (Å²) in [6, 6.07) is 5.49. The van der Waals surface area contributed by atoms with Gasteiger partial charge in [-0.15, -0.1) is 0 Å². The predicted octanol–water partition coefficient (Wildman–Crippen LogP) is 2.75. The minimum atomic E-state index is -4.35. The minimum absolute atomic E-state index is 0.0867. The average Bonchev–Trinajstić information content (AvgIpc) is 2.98. The number of alkyl halides is 3. The summed E-state index contributed by atoms with van der Waals surface area (Å²) in [4.78, 5) is 11.7. The molecule has 1 aromatic carbocycles. The molecule has 0 aromatic heterocycles. The lowest BCUT2D eigenvalue weighted by molar-refractivity contribution is -0.138. The largest absolute Gasteiger partial charge is 0.416 e. The van der Waals surface area contributed by atoms with Crippen LogP contribution in [-0.2, 0) is 17.4 Å². The number of carbonyl (C=O) groups excluding carboxylic acids is 1. The second-order valence-corrected chi connectivity index (χ2v) is 5.65. The smallest absolute Gasteiger partial charge is 0.356 e. The third-order valence-corrected chi connectivity index (χ3v) is 3.98. The first-order valence-corrected chi connectivity index (χ1v) is 7.59. The van der Waals surface area contributed by atoms with Crippen LogP contribution >= 0.6 is 0 Å². The Morgan fingerprint density at radius 1 is 1.32 bits per heavy atom. The molecule has 1 aliphatic heterocycles. The third kappa shape index (κ3) is 5.02. The topological polar surface area (TPSA) is 41.1 Å². The summed E-state index contributed by atoms with van der Waals surface area (Å²) in [5.74, 6) is 0.452. The Balaban J connectivity index is 1.75. The molecule has 1 aromatic rings. The van der Waals surface area contributed by atoms with Crippen LogP contribution in [0.2, 0.25) is 0 Å². The summed E-state index contributed by atoms with van der Waals surface area (Å²) >= 11 is 0. The highest BCUT2D eigenvalue weighted by Crippen LogP contribution is 2.31. The molecular formula is C16H21F3N2O. The predicted molar refractivity (Wildman–Crippen MR) is 78.4 cm³/mol. The summed E-state index contributed by atoms with van der Waals surface area (Å²) < 4.78 is 38.5. The number of hydrogen-bond donors (Lipinski definition) is 2. The van der Waals surface area contributed by atoms with Crippen LogP contribution in [0, 0.1) is 5.92 Å². The molecule has 3 nitrogen and oxygen atoms in total. The maximum absolute atomic E-state index is 12.8. The summed E-state index contributed by atoms with van der Waals surface area (Å²) in [5, 5.41) is 5.95. The van der Waals surface area contributed by atoms with Gasteiger partial charge in [0, 0.05) is 13.0 Å². The van der Waals surface area contributed by atoms with Gasteiger partial charge in [0.1, 0.15) is 0 Å². The highest BCUT2D eigenvalue weighted by atomic mass is 19.4. The van der Waals surface area contributed by atoms with Gasteiger partial charge in [0.25, 0.3) is 0 Å². The molecule has 122 valence electrons. The fraction of sp³-hybridized carbons (Fsp3) is 0.562. The summed E-state index contributed by atoms with van der Waals surface area (Å²) in [5.41, 5.74) is -0.406. The number of benzene rings is 1. The maximum Gasteiger partial charge on any atom is 0.416 e. The Labute approximate surface area is 128 Å². The monoisotopic (exact) mass is 314 g/mol. The number of nitrogens with one attached hydrogen (secondary N) is 2. The van der Waals surface area contributed by atoms with Crippen LogP contribution in [0.4, 0.5) is 13.2 Å². The first kappa shape index (κ1) is 16.8. The van der Waals surface area contributed by atoms with Crippen LogP contribution in [0.15, 0.2) is 24.3 Å². The van der Waals surface area contributed by atoms with E-state index in [9.17, 15) is 18.0 Å². The van der Waals surface area contributed by atoms with Crippen LogP contribution in [0.3, 0.4) is 0 Å². The van der Waals surface area contributed by atoms with E-state index >= 15 is 0 Å². The molecule has 1 unspecified atom stereocenters. The average molecular weight is 314 g/mol. The van der Waals surface area contributed by atoms with Crippen molar-refractivity contribution >= 4 is 5.91 Å². The number of rotatable bonds is 6. The highest BCUT2D eigenvalue weighted by molar-refractivity contribution is 5.75. The Bertz CT molecular complexity index is 496. The van der Waals surface area contributed by atoms with Crippen molar-refractivity contribution in [2.75, 3.05) is 19.6 Å². The van der Waals surface area contributed by atoms with Crippen molar-refractivity contribution in [3.05, 3.63) is 35.4 Å². The number of hydrogen-bond acceptors (Lipinski definition) is 2. The van der Waals surface area contributed by atoms with Crippen molar-refractivity contribution in [1.29, 1.82) is 0 Å². The van der Waals surface area contributed by atoms with Gasteiger partial charge < -0.3 is 10.6 Å². The molecule has 2 N–H and O–H groups in total. The van der Waals surface area contributed by atoms with Crippen molar-refractivity contribution in [2.45, 2.75) is 31.9 Å². The fourth-order valence-electron chi connectivity index (χ4n) is 2.74. The summed E-state index contributed by atoms with van der Waals surface area (Å²) in [7, 11) is 0. The standard InChI is InChI=1S/C16H21F3N2O/c17-16(18,19)14-4-2-1-3-13(14)8-10-21-15(22)6-5-12-7-9-20-11-12/h1-4,12,20H,5-11H2,(H,21,22). The van der Waals surface area contributed by atoms with Gasteiger partial charge in [-0.25, -0.2) is 0 Å². The van der Waals surface area contributed by atoms with E-state index in [1.807, 2.05) is 0 Å². The molecule has 6 heteroatoms. The first-order valence-electron chi connectivity index (χ1n) is 7.59. The summed E-state index contributed by atoms with van der Waals surface area (Å²) in [6.45, 7) is 2.18. The summed E-state index contributed by atoms with van der Waals surface area (Å²) in [6.07, 6.45) is -1.81. The van der Waals surface area contributed by atoms with Crippen molar-refractivity contribution < 1.29 is 18.0 Å². The molecule has 1 aliphatic rings. The Hall–Kier alpha value is -1.56. The molecule has 1 fully saturated rings. The van der Waals surface area contributed by atoms with E-state index in [-0.39, 0.29) is 24.4 Å². The Kier molecular flexibility index (Phi) is 5.83. The number of carbonyl (C=O) groups is 1. The van der Waals surface area contributed by atoms with Gasteiger partial charge in [-0.05, 0) is 49.9 Å². The first-order chi connectivity index (χ1) is 10.5. The minimum Gasteiger partial charge on any atom is -0.356 e. The van der Waals surface area contributed by atoms with E-state index in [4.69, 9.17) is 0 Å². The van der Waals surface area contributed by atoms with Gasteiger partial charge in [0.15, 0.2) is 0 Å². The van der Waals surface area contributed by atoms with Gasteiger partial charge in [0.05, 0.1) is 5.56 Å². The lowest BCUT2D eigenvalue weighted by Crippen LogP contribution is -2.26. The van der Waals surface area contributed by atoms with Crippen molar-refractivity contribution in [1.82, 2.24) is 10.6 Å². The zero-order valence-corrected chi connectivity index (χ0v) is 12.4.